The van der Waals surface area contributed by atoms with Gasteiger partial charge in [0.25, 0.3) is 0 Å². The number of Topliss-reactive ketones (excluding diaryl/α,β-unsaturated/α-hetero) is 2. The van der Waals surface area contributed by atoms with Crippen LogP contribution in [0.1, 0.15) is 41.5 Å². The predicted molar refractivity (Wildman–Crippen MR) is 132 cm³/mol. The first-order valence-corrected chi connectivity index (χ1v) is 11.7. The number of carbonyl (C=O) groups excluding carboxylic acids is 4. The molecule has 0 aromatic rings. The Morgan fingerprint density at radius 2 is 1.53 bits per heavy atom. The Hall–Kier alpha value is -3.52. The highest BCUT2D eigenvalue weighted by Gasteiger charge is 2.77. The monoisotopic (exact) mass is 496 g/mol. The maximum atomic E-state index is 13.8. The van der Waals surface area contributed by atoms with E-state index >= 15 is 0 Å². The maximum Gasteiger partial charge on any atom is 0.338 e. The van der Waals surface area contributed by atoms with Gasteiger partial charge in [0.05, 0.1) is 5.57 Å². The van der Waals surface area contributed by atoms with E-state index in [0.29, 0.717) is 0 Å². The van der Waals surface area contributed by atoms with Crippen molar-refractivity contribution in [3.8, 4) is 0 Å². The largest absolute Gasteiger partial charge is 0.508 e. The summed E-state index contributed by atoms with van der Waals surface area (Å²) in [5, 5.41) is 33.5. The van der Waals surface area contributed by atoms with E-state index in [0.717, 1.165) is 0 Å². The van der Waals surface area contributed by atoms with Gasteiger partial charge in [-0.2, -0.15) is 0 Å². The van der Waals surface area contributed by atoms with E-state index in [1.807, 2.05) is 0 Å². The molecular weight excluding hydrogens is 464 g/mol. The number of aliphatic hydroxyl groups excluding tert-OH is 2. The van der Waals surface area contributed by atoms with Crippen LogP contribution in [0, 0.1) is 23.2 Å². The van der Waals surface area contributed by atoms with E-state index in [2.05, 4.69) is 0 Å². The summed E-state index contributed by atoms with van der Waals surface area (Å²) in [5.41, 5.74) is -6.53. The minimum atomic E-state index is -2.22. The number of hydrogen-bond acceptors (Lipinski definition) is 8. The number of ether oxygens (including phenoxy) is 1. The summed E-state index contributed by atoms with van der Waals surface area (Å²) in [7, 11) is 0. The van der Waals surface area contributed by atoms with E-state index in [9.17, 15) is 34.5 Å². The van der Waals surface area contributed by atoms with Crippen molar-refractivity contribution in [3.05, 3.63) is 71.3 Å². The Morgan fingerprint density at radius 3 is 2.03 bits per heavy atom. The van der Waals surface area contributed by atoms with Gasteiger partial charge in [-0.1, -0.05) is 36.5 Å². The molecule has 3 saturated carbocycles. The first-order valence-electron chi connectivity index (χ1n) is 11.7. The van der Waals surface area contributed by atoms with E-state index in [1.165, 1.54) is 52.0 Å². The third-order valence-electron chi connectivity index (χ3n) is 7.68. The summed E-state index contributed by atoms with van der Waals surface area (Å²) in [4.78, 5) is 53.5. The molecule has 0 saturated heterocycles. The first-order chi connectivity index (χ1) is 16.7. The van der Waals surface area contributed by atoms with E-state index < -0.39 is 69.2 Å². The average Bonchev–Trinajstić information content (AvgIpc) is 3.01. The molecule has 0 aromatic heterocycles. The quantitative estimate of drug-likeness (QED) is 0.167. The van der Waals surface area contributed by atoms with Crippen molar-refractivity contribution in [2.75, 3.05) is 0 Å². The molecule has 0 radical (unpaired) electrons. The molecule has 0 aromatic carbocycles. The molecule has 4 rings (SSSR count). The SMILES string of the molecule is C/C=C/C=C/C(=O)[C@@H]1[C@@H]([C@]2(C)OC(=O)C(C)=C2O)[C@H]2/C(=C(O)/C=C/C=C/C)C(=O)[C@]1(C)C(=O)[C@@]2(C)O. The van der Waals surface area contributed by atoms with Gasteiger partial charge in [-0.15, -0.1) is 0 Å². The van der Waals surface area contributed by atoms with E-state index in [4.69, 9.17) is 4.74 Å². The second kappa shape index (κ2) is 9.17. The predicted octanol–water partition coefficient (Wildman–Crippen LogP) is 3.55. The van der Waals surface area contributed by atoms with E-state index in [-0.39, 0.29) is 11.1 Å². The van der Waals surface area contributed by atoms with Crippen LogP contribution in [0.15, 0.2) is 71.3 Å². The van der Waals surface area contributed by atoms with Gasteiger partial charge < -0.3 is 20.1 Å². The Morgan fingerprint density at radius 1 is 0.972 bits per heavy atom. The minimum absolute atomic E-state index is 0.0835. The smallest absolute Gasteiger partial charge is 0.338 e. The molecule has 6 atom stereocenters. The summed E-state index contributed by atoms with van der Waals surface area (Å²) in [5.74, 6) is -8.17. The van der Waals surface area contributed by atoms with E-state index in [1.54, 1.807) is 38.2 Å². The zero-order valence-corrected chi connectivity index (χ0v) is 21.2. The highest BCUT2D eigenvalue weighted by atomic mass is 16.6. The van der Waals surface area contributed by atoms with Gasteiger partial charge in [0.15, 0.2) is 23.0 Å². The third kappa shape index (κ3) is 3.63. The van der Waals surface area contributed by atoms with Crippen molar-refractivity contribution in [2.24, 2.45) is 23.2 Å². The first kappa shape index (κ1) is 27.1. The van der Waals surface area contributed by atoms with Crippen LogP contribution >= 0.6 is 0 Å². The number of cyclic esters (lactones) is 1. The lowest BCUT2D eigenvalue weighted by molar-refractivity contribution is -0.203. The molecule has 36 heavy (non-hydrogen) atoms. The molecule has 0 unspecified atom stereocenters. The molecule has 0 spiro atoms. The van der Waals surface area contributed by atoms with Crippen molar-refractivity contribution >= 4 is 23.3 Å². The number of allylic oxidation sites excluding steroid dienone is 8. The van der Waals surface area contributed by atoms with Gasteiger partial charge in [0.2, 0.25) is 0 Å². The summed E-state index contributed by atoms with van der Waals surface area (Å²) in [6.45, 7) is 8.72. The second-order valence-corrected chi connectivity index (χ2v) is 9.93. The summed E-state index contributed by atoms with van der Waals surface area (Å²) >= 11 is 0. The number of carbonyl (C=O) groups is 4. The molecule has 8 heteroatoms. The zero-order valence-electron chi connectivity index (χ0n) is 21.2. The molecule has 3 fully saturated rings. The normalized spacial score (nSPS) is 38.4. The van der Waals surface area contributed by atoms with Crippen LogP contribution in [0.2, 0.25) is 0 Å². The van der Waals surface area contributed by atoms with Crippen molar-refractivity contribution in [2.45, 2.75) is 52.7 Å². The molecule has 8 nitrogen and oxygen atoms in total. The number of ketones is 3. The van der Waals surface area contributed by atoms with Crippen LogP contribution in [-0.4, -0.2) is 49.8 Å². The summed E-state index contributed by atoms with van der Waals surface area (Å²) < 4.78 is 5.59. The maximum absolute atomic E-state index is 13.8. The second-order valence-electron chi connectivity index (χ2n) is 9.93. The van der Waals surface area contributed by atoms with Gasteiger partial charge in [0, 0.05) is 23.3 Å². The van der Waals surface area contributed by atoms with Gasteiger partial charge in [0.1, 0.15) is 22.5 Å². The number of fused-ring (bicyclic) bond motifs is 3. The van der Waals surface area contributed by atoms with Crippen LogP contribution in [0.4, 0.5) is 0 Å². The number of aliphatic hydroxyl groups is 3. The van der Waals surface area contributed by atoms with Crippen molar-refractivity contribution in [1.29, 1.82) is 0 Å². The molecule has 0 amide bonds. The molecule has 1 aliphatic heterocycles. The number of rotatable bonds is 6. The van der Waals surface area contributed by atoms with Crippen molar-refractivity contribution < 1.29 is 39.2 Å². The fourth-order valence-corrected chi connectivity index (χ4v) is 5.93. The van der Waals surface area contributed by atoms with Crippen LogP contribution < -0.4 is 0 Å². The highest BCUT2D eigenvalue weighted by Crippen LogP contribution is 2.64. The minimum Gasteiger partial charge on any atom is -0.508 e. The highest BCUT2D eigenvalue weighted by molar-refractivity contribution is 6.24. The molecule has 192 valence electrons. The van der Waals surface area contributed by atoms with Crippen molar-refractivity contribution in [3.63, 3.8) is 0 Å². The Labute approximate surface area is 210 Å². The van der Waals surface area contributed by atoms with Gasteiger partial charge >= 0.3 is 5.97 Å². The Balaban J connectivity index is 2.41. The lowest BCUT2D eigenvalue weighted by Gasteiger charge is -2.60. The standard InChI is InChI=1S/C28H32O8/c1-7-9-11-13-16(29)18-20-21(28(6)22(31)15(3)24(33)36-28)19(17(30)14-12-10-8-2)26(4,23(18)32)25(34)27(20,5)35/h7-14,19-21,29,31,35H,1-6H3/b9-7+,10-8+,13-11+,14-12+,18-16+/t19-,20-,21-,26-,27+,28+/m1/s1. The molecule has 4 aliphatic rings. The topological polar surface area (TPSA) is 138 Å². The summed E-state index contributed by atoms with van der Waals surface area (Å²) in [6.07, 6.45) is 12.0. The average molecular weight is 497 g/mol. The zero-order chi connectivity index (χ0) is 27.2. The fourth-order valence-electron chi connectivity index (χ4n) is 5.93. The molecule has 3 N–H and O–H groups in total. The fraction of sp³-hybridized carbons (Fsp3) is 0.429. The van der Waals surface area contributed by atoms with Crippen LogP contribution in [0.5, 0.6) is 0 Å². The number of hydrogen-bond donors (Lipinski definition) is 3. The van der Waals surface area contributed by atoms with Crippen LogP contribution in [0.3, 0.4) is 0 Å². The van der Waals surface area contributed by atoms with Gasteiger partial charge in [-0.3, -0.25) is 14.4 Å². The van der Waals surface area contributed by atoms with Gasteiger partial charge in [-0.25, -0.2) is 4.79 Å². The van der Waals surface area contributed by atoms with Crippen molar-refractivity contribution in [1.82, 2.24) is 0 Å². The Bertz CT molecular complexity index is 1210. The molecule has 2 bridgehead atoms. The van der Waals surface area contributed by atoms with Gasteiger partial charge in [-0.05, 0) is 53.7 Å². The molecule has 3 aliphatic carbocycles. The van der Waals surface area contributed by atoms with Crippen LogP contribution in [0.25, 0.3) is 0 Å². The van der Waals surface area contributed by atoms with Crippen LogP contribution in [-0.2, 0) is 23.9 Å². The lowest BCUT2D eigenvalue weighted by Crippen LogP contribution is -2.75. The summed E-state index contributed by atoms with van der Waals surface area (Å²) in [6, 6.07) is 0. The molecule has 1 heterocycles. The Kier molecular flexibility index (Phi) is 6.89. The number of esters is 1. The molecular formula is C28H32O8. The lowest BCUT2D eigenvalue weighted by atomic mass is 9.40. The third-order valence-corrected chi connectivity index (χ3v) is 7.68.